The Kier molecular flexibility index (Phi) is 3.98. The molecule has 0 atom stereocenters. The summed E-state index contributed by atoms with van der Waals surface area (Å²) in [5.74, 6) is 0.346. The molecule has 2 aromatic heterocycles. The number of fused-ring (bicyclic) bond motifs is 3. The van der Waals surface area contributed by atoms with Crippen LogP contribution in [0.4, 0.5) is 0 Å². The number of aryl methyl sites for hydroxylation is 1. The van der Waals surface area contributed by atoms with Crippen molar-refractivity contribution in [3.8, 4) is 11.3 Å². The average molecular weight is 379 g/mol. The molecule has 0 fully saturated rings. The zero-order chi connectivity index (χ0) is 20.0. The fraction of sp³-hybridized carbons (Fsp3) is 0.0800. The number of benzene rings is 3. The van der Waals surface area contributed by atoms with Crippen molar-refractivity contribution in [1.29, 1.82) is 0 Å². The fourth-order valence-corrected chi connectivity index (χ4v) is 3.89. The van der Waals surface area contributed by atoms with Gasteiger partial charge in [-0.05, 0) is 55.0 Å². The van der Waals surface area contributed by atoms with Crippen LogP contribution >= 0.6 is 0 Å². The molecule has 0 saturated heterocycles. The first-order valence-electron chi connectivity index (χ1n) is 9.48. The second kappa shape index (κ2) is 6.67. The van der Waals surface area contributed by atoms with Gasteiger partial charge in [0.05, 0.1) is 17.3 Å². The van der Waals surface area contributed by atoms with Crippen molar-refractivity contribution in [3.63, 3.8) is 0 Å². The Morgan fingerprint density at radius 2 is 1.90 bits per heavy atom. The monoisotopic (exact) mass is 379 g/mol. The number of nitrogens with two attached hydrogens (primary N) is 1. The van der Waals surface area contributed by atoms with E-state index < -0.39 is 5.91 Å². The van der Waals surface area contributed by atoms with Crippen molar-refractivity contribution < 1.29 is 9.21 Å². The lowest BCUT2D eigenvalue weighted by molar-refractivity contribution is 0.100. The quantitative estimate of drug-likeness (QED) is 0.460. The molecule has 5 aromatic rings. The van der Waals surface area contributed by atoms with E-state index in [-0.39, 0.29) is 0 Å². The van der Waals surface area contributed by atoms with Crippen LogP contribution in [0.25, 0.3) is 33.1 Å². The molecule has 2 heterocycles. The van der Waals surface area contributed by atoms with Gasteiger partial charge in [-0.25, -0.2) is 0 Å². The highest BCUT2D eigenvalue weighted by molar-refractivity contribution is 6.18. The first kappa shape index (κ1) is 17.3. The second-order valence-corrected chi connectivity index (χ2v) is 7.26. The molecule has 0 aliphatic carbocycles. The third kappa shape index (κ3) is 2.90. The fourth-order valence-electron chi connectivity index (χ4n) is 3.89. The Balaban J connectivity index is 1.81. The van der Waals surface area contributed by atoms with Crippen LogP contribution in [0, 0.1) is 13.0 Å². The van der Waals surface area contributed by atoms with E-state index in [1.807, 2.05) is 30.3 Å². The van der Waals surface area contributed by atoms with E-state index in [1.54, 1.807) is 12.3 Å². The molecule has 4 nitrogen and oxygen atoms in total. The lowest BCUT2D eigenvalue weighted by Crippen LogP contribution is -2.11. The van der Waals surface area contributed by atoms with E-state index in [1.165, 1.54) is 11.1 Å². The van der Waals surface area contributed by atoms with E-state index in [9.17, 15) is 4.79 Å². The van der Waals surface area contributed by atoms with Crippen LogP contribution in [0.5, 0.6) is 0 Å². The Labute approximate surface area is 168 Å². The highest BCUT2D eigenvalue weighted by Gasteiger charge is 2.17. The summed E-state index contributed by atoms with van der Waals surface area (Å²) in [6.45, 7) is 2.76. The highest BCUT2D eigenvalue weighted by Crippen LogP contribution is 2.34. The number of primary amides is 1. The molecule has 5 rings (SSSR count). The molecule has 141 valence electrons. The molecule has 0 aliphatic rings. The number of amides is 1. The topological polar surface area (TPSA) is 61.2 Å². The third-order valence-electron chi connectivity index (χ3n) is 5.33. The number of hydrogen-bond donors (Lipinski definition) is 1. The summed E-state index contributed by atoms with van der Waals surface area (Å²) in [6, 6.07) is 25.3. The normalized spacial score (nSPS) is 11.3. The Morgan fingerprint density at radius 1 is 1.07 bits per heavy atom. The molecule has 0 bridgehead atoms. The number of aromatic nitrogens is 1. The Morgan fingerprint density at radius 3 is 2.62 bits per heavy atom. The van der Waals surface area contributed by atoms with Gasteiger partial charge in [-0.2, -0.15) is 0 Å². The van der Waals surface area contributed by atoms with Crippen molar-refractivity contribution in [2.45, 2.75) is 13.5 Å². The zero-order valence-corrected chi connectivity index (χ0v) is 16.0. The van der Waals surface area contributed by atoms with Crippen molar-refractivity contribution in [1.82, 2.24) is 4.57 Å². The lowest BCUT2D eigenvalue weighted by atomic mass is 10.0. The summed E-state index contributed by atoms with van der Waals surface area (Å²) in [6.07, 6.45) is 1.66. The van der Waals surface area contributed by atoms with Gasteiger partial charge in [0, 0.05) is 28.4 Å². The maximum atomic E-state index is 12.1. The van der Waals surface area contributed by atoms with E-state index in [2.05, 4.69) is 47.9 Å². The highest BCUT2D eigenvalue weighted by atomic mass is 16.3. The third-order valence-corrected chi connectivity index (χ3v) is 5.33. The minimum absolute atomic E-state index is 0.437. The van der Waals surface area contributed by atoms with Gasteiger partial charge in [-0.15, -0.1) is 0 Å². The first-order chi connectivity index (χ1) is 14.1. The van der Waals surface area contributed by atoms with Crippen molar-refractivity contribution in [3.05, 3.63) is 95.7 Å². The molecule has 2 N–H and O–H groups in total. The molecule has 1 radical (unpaired) electrons. The smallest absolute Gasteiger partial charge is 0.249 e. The molecule has 0 saturated carbocycles. The van der Waals surface area contributed by atoms with Crippen molar-refractivity contribution >= 4 is 27.7 Å². The van der Waals surface area contributed by atoms with E-state index in [4.69, 9.17) is 10.2 Å². The van der Waals surface area contributed by atoms with E-state index in [0.29, 0.717) is 12.1 Å². The van der Waals surface area contributed by atoms with Crippen LogP contribution in [0.15, 0.2) is 77.4 Å². The number of carbonyl (C=O) groups is 1. The summed E-state index contributed by atoms with van der Waals surface area (Å²) in [4.78, 5) is 12.1. The van der Waals surface area contributed by atoms with Gasteiger partial charge in [0.25, 0.3) is 0 Å². The van der Waals surface area contributed by atoms with Crippen LogP contribution in [0.2, 0.25) is 0 Å². The number of hydrogen-bond acceptors (Lipinski definition) is 2. The van der Waals surface area contributed by atoms with Crippen molar-refractivity contribution in [2.24, 2.45) is 5.73 Å². The van der Waals surface area contributed by atoms with Gasteiger partial charge in [-0.3, -0.25) is 4.79 Å². The summed E-state index contributed by atoms with van der Waals surface area (Å²) in [7, 11) is 0. The van der Waals surface area contributed by atoms with Gasteiger partial charge < -0.3 is 14.7 Å². The van der Waals surface area contributed by atoms with E-state index in [0.717, 1.165) is 33.1 Å². The van der Waals surface area contributed by atoms with Gasteiger partial charge in [0.15, 0.2) is 0 Å². The van der Waals surface area contributed by atoms with Crippen molar-refractivity contribution in [2.75, 3.05) is 0 Å². The summed E-state index contributed by atoms with van der Waals surface area (Å²) in [5, 5.41) is 1.73. The molecular weight excluding hydrogens is 360 g/mol. The minimum atomic E-state index is -0.437. The molecule has 29 heavy (non-hydrogen) atoms. The first-order valence-corrected chi connectivity index (χ1v) is 9.48. The summed E-state index contributed by atoms with van der Waals surface area (Å²) in [5.41, 5.74) is 11.5. The van der Waals surface area contributed by atoms with Crippen LogP contribution in [0.1, 0.15) is 21.5 Å². The van der Waals surface area contributed by atoms with E-state index >= 15 is 0 Å². The Hall–Kier alpha value is -3.79. The molecule has 4 heteroatoms. The van der Waals surface area contributed by atoms with Crippen LogP contribution in [-0.2, 0) is 6.54 Å². The maximum absolute atomic E-state index is 12.1. The average Bonchev–Trinajstić information content (AvgIpc) is 3.36. The molecular formula is C25H19N2O2. The van der Waals surface area contributed by atoms with Crippen LogP contribution in [0.3, 0.4) is 0 Å². The predicted molar refractivity (Wildman–Crippen MR) is 115 cm³/mol. The van der Waals surface area contributed by atoms with Gasteiger partial charge in [-0.1, -0.05) is 35.9 Å². The SMILES string of the molecule is Cc1ccc(Cn2c3cc(-c4ccco4)c[c]c3c3c(C(N)=O)cccc32)cc1. The molecule has 0 aliphatic heterocycles. The summed E-state index contributed by atoms with van der Waals surface area (Å²) < 4.78 is 7.79. The van der Waals surface area contributed by atoms with Gasteiger partial charge >= 0.3 is 0 Å². The predicted octanol–water partition coefficient (Wildman–Crippen LogP) is 5.31. The number of furan rings is 1. The lowest BCUT2D eigenvalue weighted by Gasteiger charge is -2.09. The Bertz CT molecular complexity index is 1340. The molecule has 0 unspecified atom stereocenters. The number of carbonyl (C=O) groups excluding carboxylic acids is 1. The standard InChI is InChI=1S/C25H19N2O2/c1-16-7-9-17(10-8-16)15-27-21-5-2-4-20(25(26)28)24(21)19-12-11-18(14-22(19)27)23-6-3-13-29-23/h2-11,13-14H,15H2,1H3,(H2,26,28). The maximum Gasteiger partial charge on any atom is 0.249 e. The molecule has 0 spiro atoms. The zero-order valence-electron chi connectivity index (χ0n) is 16.0. The molecule has 3 aromatic carbocycles. The molecule has 1 amide bonds. The minimum Gasteiger partial charge on any atom is -0.464 e. The van der Waals surface area contributed by atoms with Gasteiger partial charge in [0.2, 0.25) is 5.91 Å². The summed E-state index contributed by atoms with van der Waals surface area (Å²) >= 11 is 0. The second-order valence-electron chi connectivity index (χ2n) is 7.26. The van der Waals surface area contributed by atoms with Crippen LogP contribution in [-0.4, -0.2) is 10.5 Å². The van der Waals surface area contributed by atoms with Gasteiger partial charge in [0.1, 0.15) is 5.76 Å². The number of rotatable bonds is 4. The number of nitrogens with zero attached hydrogens (tertiary/aromatic N) is 1. The van der Waals surface area contributed by atoms with Crippen LogP contribution < -0.4 is 5.73 Å². The largest absolute Gasteiger partial charge is 0.464 e.